The topological polar surface area (TPSA) is 78.8 Å². The summed E-state index contributed by atoms with van der Waals surface area (Å²) in [6.07, 6.45) is -1.60. The first-order valence-electron chi connectivity index (χ1n) is 7.45. The largest absolute Gasteiger partial charge is 0.391 e. The zero-order valence-electron chi connectivity index (χ0n) is 13.2. The first-order valence-corrected chi connectivity index (χ1v) is 9.10. The molecule has 0 amide bonds. The van der Waals surface area contributed by atoms with Gasteiger partial charge in [0.15, 0.2) is 5.78 Å². The molecule has 2 aromatic carbocycles. The Bertz CT molecular complexity index is 648. The Labute approximate surface area is 136 Å². The molecule has 0 saturated carbocycles. The van der Waals surface area contributed by atoms with Crippen molar-refractivity contribution in [2.45, 2.75) is 31.8 Å². The summed E-state index contributed by atoms with van der Waals surface area (Å²) in [5, 5.41) is 12.6. The second kappa shape index (κ2) is 7.75. The van der Waals surface area contributed by atoms with Gasteiger partial charge in [-0.3, -0.25) is 4.57 Å². The minimum absolute atomic E-state index is 0.639. The summed E-state index contributed by atoms with van der Waals surface area (Å²) in [6, 6.07) is 18.1. The fourth-order valence-electron chi connectivity index (χ4n) is 2.07. The fraction of sp³-hybridized carbons (Fsp3) is 0.294. The van der Waals surface area contributed by atoms with Gasteiger partial charge in [0.2, 0.25) is 0 Å². The minimum atomic E-state index is -4.07. The highest BCUT2D eigenvalue weighted by Crippen LogP contribution is 2.57. The zero-order chi connectivity index (χ0) is 16.9. The van der Waals surface area contributed by atoms with Crippen LogP contribution in [0, 0.1) is 0 Å². The molecule has 23 heavy (non-hydrogen) atoms. The molecular weight excluding hydrogens is 313 g/mol. The maximum atomic E-state index is 12.8. The van der Waals surface area contributed by atoms with Gasteiger partial charge in [-0.05, 0) is 31.5 Å². The number of rotatable bonds is 7. The molecule has 6 heteroatoms. The lowest BCUT2D eigenvalue weighted by Crippen LogP contribution is -2.24. The van der Waals surface area contributed by atoms with E-state index in [0.717, 1.165) is 0 Å². The van der Waals surface area contributed by atoms with E-state index in [1.54, 1.807) is 31.2 Å². The molecule has 3 N–H and O–H groups in total. The van der Waals surface area contributed by atoms with Crippen molar-refractivity contribution in [1.29, 1.82) is 0 Å². The van der Waals surface area contributed by atoms with Gasteiger partial charge in [-0.15, -0.1) is 0 Å². The number of hydrogen-bond acceptors (Lipinski definition) is 4. The average molecular weight is 335 g/mol. The van der Waals surface area contributed by atoms with Crippen molar-refractivity contribution < 1.29 is 19.1 Å². The maximum absolute atomic E-state index is 12.8. The highest BCUT2D eigenvalue weighted by molar-refractivity contribution is 7.53. The van der Waals surface area contributed by atoms with Gasteiger partial charge in [-0.2, -0.15) is 0 Å². The van der Waals surface area contributed by atoms with E-state index in [-0.39, 0.29) is 0 Å². The Balaban J connectivity index is 2.31. The Morgan fingerprint density at radius 1 is 1.00 bits per heavy atom. The molecule has 124 valence electrons. The molecule has 0 spiro atoms. The number of hydrogen-bond donors (Lipinski definition) is 3. The van der Waals surface area contributed by atoms with Crippen LogP contribution in [0.15, 0.2) is 60.7 Å². The predicted molar refractivity (Wildman–Crippen MR) is 91.3 cm³/mol. The molecule has 2 aromatic rings. The standard InChI is InChI=1S/C17H22NO4P/c1-13(19)14(2)22-23(20,21)17(15-9-5-3-6-10-15)18-16-11-7-4-8-12-16/h3-14,17-19H,1-2H3,(H,20,21). The van der Waals surface area contributed by atoms with Crippen LogP contribution in [0.2, 0.25) is 0 Å². The van der Waals surface area contributed by atoms with Crippen LogP contribution >= 0.6 is 7.60 Å². The molecule has 0 aliphatic heterocycles. The Kier molecular flexibility index (Phi) is 5.97. The maximum Gasteiger partial charge on any atom is 0.355 e. The van der Waals surface area contributed by atoms with Crippen LogP contribution in [0.5, 0.6) is 0 Å². The van der Waals surface area contributed by atoms with E-state index in [2.05, 4.69) is 5.32 Å². The quantitative estimate of drug-likeness (QED) is 0.671. The molecule has 0 aliphatic rings. The van der Waals surface area contributed by atoms with E-state index < -0.39 is 25.6 Å². The van der Waals surface area contributed by atoms with Crippen molar-refractivity contribution in [3.63, 3.8) is 0 Å². The number of anilines is 1. The third kappa shape index (κ3) is 4.91. The summed E-state index contributed by atoms with van der Waals surface area (Å²) in [5.74, 6) is -0.924. The van der Waals surface area contributed by atoms with Crippen molar-refractivity contribution in [3.8, 4) is 0 Å². The lowest BCUT2D eigenvalue weighted by Gasteiger charge is -2.28. The minimum Gasteiger partial charge on any atom is -0.391 e. The van der Waals surface area contributed by atoms with E-state index in [4.69, 9.17) is 4.52 Å². The fourth-order valence-corrected chi connectivity index (χ4v) is 3.70. The van der Waals surface area contributed by atoms with Gasteiger partial charge in [0.25, 0.3) is 0 Å². The van der Waals surface area contributed by atoms with Gasteiger partial charge in [0.05, 0.1) is 12.2 Å². The van der Waals surface area contributed by atoms with Crippen molar-refractivity contribution in [3.05, 3.63) is 66.2 Å². The number of benzene rings is 2. The van der Waals surface area contributed by atoms with Gasteiger partial charge in [0.1, 0.15) is 0 Å². The molecule has 0 heterocycles. The van der Waals surface area contributed by atoms with Gasteiger partial charge in [-0.25, -0.2) is 0 Å². The Hall–Kier alpha value is -1.65. The monoisotopic (exact) mass is 335 g/mol. The van der Waals surface area contributed by atoms with Crippen molar-refractivity contribution in [2.75, 3.05) is 5.32 Å². The highest BCUT2D eigenvalue weighted by Gasteiger charge is 2.36. The number of aliphatic hydroxyl groups is 1. The van der Waals surface area contributed by atoms with Gasteiger partial charge >= 0.3 is 7.60 Å². The first-order chi connectivity index (χ1) is 10.9. The highest BCUT2D eigenvalue weighted by atomic mass is 31.2. The summed E-state index contributed by atoms with van der Waals surface area (Å²) < 4.78 is 18.1. The van der Waals surface area contributed by atoms with E-state index in [1.165, 1.54) is 6.92 Å². The predicted octanol–water partition coefficient (Wildman–Crippen LogP) is 3.77. The second-order valence-corrected chi connectivity index (χ2v) is 7.29. The van der Waals surface area contributed by atoms with Crippen molar-refractivity contribution in [2.24, 2.45) is 0 Å². The van der Waals surface area contributed by atoms with E-state index in [9.17, 15) is 14.6 Å². The van der Waals surface area contributed by atoms with Crippen LogP contribution in [0.25, 0.3) is 0 Å². The second-order valence-electron chi connectivity index (χ2n) is 5.44. The van der Waals surface area contributed by atoms with Gasteiger partial charge in [-0.1, -0.05) is 48.5 Å². The molecule has 0 radical (unpaired) electrons. The average Bonchev–Trinajstić information content (AvgIpc) is 2.53. The summed E-state index contributed by atoms with van der Waals surface area (Å²) in [4.78, 5) is 10.5. The molecule has 2 rings (SSSR count). The lowest BCUT2D eigenvalue weighted by atomic mass is 10.2. The lowest BCUT2D eigenvalue weighted by molar-refractivity contribution is 0.0512. The smallest absolute Gasteiger partial charge is 0.355 e. The molecule has 5 nitrogen and oxygen atoms in total. The number of aliphatic hydroxyl groups excluding tert-OH is 1. The molecule has 4 atom stereocenters. The summed E-state index contributed by atoms with van der Waals surface area (Å²) in [5.41, 5.74) is 1.35. The van der Waals surface area contributed by atoms with Crippen LogP contribution in [-0.4, -0.2) is 22.2 Å². The molecule has 0 fully saturated rings. The molecule has 4 unspecified atom stereocenters. The molecule has 0 bridgehead atoms. The summed E-state index contributed by atoms with van der Waals surface area (Å²) >= 11 is 0. The van der Waals surface area contributed by atoms with E-state index in [1.807, 2.05) is 36.4 Å². The van der Waals surface area contributed by atoms with E-state index >= 15 is 0 Å². The Morgan fingerprint density at radius 3 is 2.04 bits per heavy atom. The summed E-state index contributed by atoms with van der Waals surface area (Å²) in [6.45, 7) is 3.09. The zero-order valence-corrected chi connectivity index (χ0v) is 14.1. The number of nitrogens with one attached hydrogen (secondary N) is 1. The van der Waals surface area contributed by atoms with Crippen molar-refractivity contribution in [1.82, 2.24) is 0 Å². The first kappa shape index (κ1) is 17.7. The van der Waals surface area contributed by atoms with Crippen LogP contribution in [-0.2, 0) is 9.09 Å². The van der Waals surface area contributed by atoms with Crippen LogP contribution < -0.4 is 5.32 Å². The van der Waals surface area contributed by atoms with Crippen LogP contribution in [0.3, 0.4) is 0 Å². The third-order valence-corrected chi connectivity index (χ3v) is 5.23. The normalized spacial score (nSPS) is 17.7. The van der Waals surface area contributed by atoms with E-state index in [0.29, 0.717) is 11.3 Å². The van der Waals surface area contributed by atoms with Crippen LogP contribution in [0.1, 0.15) is 25.2 Å². The Morgan fingerprint density at radius 2 is 1.52 bits per heavy atom. The van der Waals surface area contributed by atoms with Crippen LogP contribution in [0.4, 0.5) is 5.69 Å². The molecule has 0 aliphatic carbocycles. The molecule has 0 saturated heterocycles. The molecule has 0 aromatic heterocycles. The molecular formula is C17H22NO4P. The van der Waals surface area contributed by atoms with Crippen molar-refractivity contribution >= 4 is 13.3 Å². The van der Waals surface area contributed by atoms with Gasteiger partial charge < -0.3 is 19.8 Å². The SMILES string of the molecule is CC(O)C(C)OP(=O)(O)C(Nc1ccccc1)c1ccccc1. The third-order valence-electron chi connectivity index (χ3n) is 3.52. The number of para-hydroxylation sites is 1. The van der Waals surface area contributed by atoms with Gasteiger partial charge in [0, 0.05) is 5.69 Å². The summed E-state index contributed by atoms with van der Waals surface area (Å²) in [7, 11) is -4.07.